The molecule has 7 N–H and O–H groups in total. The standard InChI is InChI=1S/C20H38N4O6/c1-10(2)7-13(21)17(26)23-15(9-25)18(27)24-16(12(5)6)19(28)22-14(20(29)30)8-11(3)4/h10-16,25H,7-9,21H2,1-6H3,(H,22,28)(H,23,26)(H,24,27)(H,29,30). The van der Waals surface area contributed by atoms with Gasteiger partial charge in [0.1, 0.15) is 18.1 Å². The minimum absolute atomic E-state index is 0.0440. The summed E-state index contributed by atoms with van der Waals surface area (Å²) >= 11 is 0. The largest absolute Gasteiger partial charge is 0.480 e. The first kappa shape index (κ1) is 27.8. The molecule has 0 aliphatic carbocycles. The van der Waals surface area contributed by atoms with Crippen LogP contribution < -0.4 is 21.7 Å². The van der Waals surface area contributed by atoms with Crippen LogP contribution >= 0.6 is 0 Å². The van der Waals surface area contributed by atoms with Crippen LogP contribution in [0.15, 0.2) is 0 Å². The van der Waals surface area contributed by atoms with Gasteiger partial charge >= 0.3 is 5.97 Å². The summed E-state index contributed by atoms with van der Waals surface area (Å²) in [6.45, 7) is 10.2. The summed E-state index contributed by atoms with van der Waals surface area (Å²) in [4.78, 5) is 48.7. The van der Waals surface area contributed by atoms with Gasteiger partial charge in [0.15, 0.2) is 0 Å². The molecule has 0 rings (SSSR count). The van der Waals surface area contributed by atoms with Crippen LogP contribution in [0.2, 0.25) is 0 Å². The number of carboxylic acids is 1. The first-order valence-electron chi connectivity index (χ1n) is 10.3. The molecule has 0 fully saturated rings. The molecule has 0 aromatic rings. The highest BCUT2D eigenvalue weighted by molar-refractivity contribution is 5.94. The summed E-state index contributed by atoms with van der Waals surface area (Å²) in [5.74, 6) is -3.28. The van der Waals surface area contributed by atoms with Crippen LogP contribution in [0, 0.1) is 17.8 Å². The Morgan fingerprint density at radius 1 is 0.767 bits per heavy atom. The maximum atomic E-state index is 12.6. The van der Waals surface area contributed by atoms with E-state index in [4.69, 9.17) is 5.73 Å². The summed E-state index contributed by atoms with van der Waals surface area (Å²) in [7, 11) is 0. The van der Waals surface area contributed by atoms with E-state index < -0.39 is 54.5 Å². The second-order valence-electron chi connectivity index (χ2n) is 8.74. The Kier molecular flexibility index (Phi) is 12.2. The van der Waals surface area contributed by atoms with Crippen molar-refractivity contribution in [3.05, 3.63) is 0 Å². The van der Waals surface area contributed by atoms with Crippen LogP contribution in [-0.4, -0.2) is 64.7 Å². The first-order valence-corrected chi connectivity index (χ1v) is 10.3. The second-order valence-corrected chi connectivity index (χ2v) is 8.74. The molecule has 10 heteroatoms. The van der Waals surface area contributed by atoms with Crippen molar-refractivity contribution in [3.8, 4) is 0 Å². The zero-order valence-electron chi connectivity index (χ0n) is 18.8. The van der Waals surface area contributed by atoms with Crippen molar-refractivity contribution < 1.29 is 29.4 Å². The van der Waals surface area contributed by atoms with Gasteiger partial charge in [-0.05, 0) is 30.6 Å². The number of aliphatic carboxylic acids is 1. The lowest BCUT2D eigenvalue weighted by molar-refractivity contribution is -0.143. The molecule has 3 amide bonds. The summed E-state index contributed by atoms with van der Waals surface area (Å²) in [5.41, 5.74) is 5.80. The van der Waals surface area contributed by atoms with Gasteiger partial charge in [-0.15, -0.1) is 0 Å². The van der Waals surface area contributed by atoms with Crippen molar-refractivity contribution in [1.82, 2.24) is 16.0 Å². The Balaban J connectivity index is 5.17. The molecule has 4 unspecified atom stereocenters. The number of amides is 3. The van der Waals surface area contributed by atoms with Crippen LogP contribution in [0.4, 0.5) is 0 Å². The normalized spacial score (nSPS) is 15.4. The highest BCUT2D eigenvalue weighted by atomic mass is 16.4. The zero-order valence-corrected chi connectivity index (χ0v) is 18.8. The molecule has 174 valence electrons. The number of rotatable bonds is 13. The molecule has 0 heterocycles. The number of carboxylic acid groups (broad SMARTS) is 1. The summed E-state index contributed by atoms with van der Waals surface area (Å²) < 4.78 is 0. The molecule has 10 nitrogen and oxygen atoms in total. The fourth-order valence-electron chi connectivity index (χ4n) is 2.83. The zero-order chi connectivity index (χ0) is 23.6. The lowest BCUT2D eigenvalue weighted by Gasteiger charge is -2.27. The van der Waals surface area contributed by atoms with Gasteiger partial charge in [0.2, 0.25) is 17.7 Å². The Morgan fingerprint density at radius 2 is 1.27 bits per heavy atom. The third-order valence-corrected chi connectivity index (χ3v) is 4.45. The average molecular weight is 431 g/mol. The van der Waals surface area contributed by atoms with E-state index >= 15 is 0 Å². The molecular formula is C20H38N4O6. The Morgan fingerprint density at radius 3 is 1.67 bits per heavy atom. The van der Waals surface area contributed by atoms with E-state index in [2.05, 4.69) is 16.0 Å². The van der Waals surface area contributed by atoms with Crippen LogP contribution in [0.3, 0.4) is 0 Å². The number of aliphatic hydroxyl groups is 1. The Hall–Kier alpha value is -2.20. The number of hydrogen-bond donors (Lipinski definition) is 6. The number of nitrogens with two attached hydrogens (primary N) is 1. The number of carbonyl (C=O) groups is 4. The van der Waals surface area contributed by atoms with Crippen molar-refractivity contribution in [2.75, 3.05) is 6.61 Å². The van der Waals surface area contributed by atoms with E-state index in [1.165, 1.54) is 0 Å². The number of carbonyl (C=O) groups excluding carboxylic acids is 3. The van der Waals surface area contributed by atoms with Crippen molar-refractivity contribution in [3.63, 3.8) is 0 Å². The smallest absolute Gasteiger partial charge is 0.326 e. The van der Waals surface area contributed by atoms with Crippen LogP contribution in [0.1, 0.15) is 54.4 Å². The van der Waals surface area contributed by atoms with E-state index in [9.17, 15) is 29.4 Å². The molecule has 0 bridgehead atoms. The third kappa shape index (κ3) is 10.0. The molecule has 0 aliphatic heterocycles. The fourth-order valence-corrected chi connectivity index (χ4v) is 2.83. The predicted octanol–water partition coefficient (Wildman–Crippen LogP) is -0.407. The van der Waals surface area contributed by atoms with E-state index in [-0.39, 0.29) is 24.2 Å². The number of nitrogens with one attached hydrogen (secondary N) is 3. The van der Waals surface area contributed by atoms with Crippen molar-refractivity contribution in [2.45, 2.75) is 78.6 Å². The molecular weight excluding hydrogens is 392 g/mol. The Bertz CT molecular complexity index is 594. The maximum absolute atomic E-state index is 12.6. The molecule has 0 aromatic carbocycles. The van der Waals surface area contributed by atoms with Gasteiger partial charge in [0.05, 0.1) is 12.6 Å². The molecule has 0 radical (unpaired) electrons. The van der Waals surface area contributed by atoms with Crippen LogP contribution in [-0.2, 0) is 19.2 Å². The van der Waals surface area contributed by atoms with Crippen molar-refractivity contribution in [2.24, 2.45) is 23.5 Å². The van der Waals surface area contributed by atoms with Crippen molar-refractivity contribution >= 4 is 23.7 Å². The summed E-state index contributed by atoms with van der Waals surface area (Å²) in [5, 5.41) is 26.2. The van der Waals surface area contributed by atoms with Crippen LogP contribution in [0.5, 0.6) is 0 Å². The molecule has 30 heavy (non-hydrogen) atoms. The van der Waals surface area contributed by atoms with Crippen LogP contribution in [0.25, 0.3) is 0 Å². The van der Waals surface area contributed by atoms with Gasteiger partial charge < -0.3 is 31.9 Å². The molecule has 0 saturated heterocycles. The van der Waals surface area contributed by atoms with Gasteiger partial charge in [-0.25, -0.2) is 4.79 Å². The SMILES string of the molecule is CC(C)CC(N)C(=O)NC(CO)C(=O)NC(C(=O)NC(CC(C)C)C(=O)O)C(C)C. The fraction of sp³-hybridized carbons (Fsp3) is 0.800. The van der Waals surface area contributed by atoms with Gasteiger partial charge in [0.25, 0.3) is 0 Å². The van der Waals surface area contributed by atoms with Gasteiger partial charge in [0, 0.05) is 0 Å². The Labute approximate surface area is 178 Å². The van der Waals surface area contributed by atoms with E-state index in [1.54, 1.807) is 13.8 Å². The predicted molar refractivity (Wildman–Crippen MR) is 112 cm³/mol. The second kappa shape index (κ2) is 13.2. The molecule has 0 saturated carbocycles. The first-order chi connectivity index (χ1) is 13.8. The van der Waals surface area contributed by atoms with Gasteiger partial charge in [-0.2, -0.15) is 0 Å². The number of aliphatic hydroxyl groups excluding tert-OH is 1. The lowest BCUT2D eigenvalue weighted by Crippen LogP contribution is -2.59. The molecule has 0 spiro atoms. The highest BCUT2D eigenvalue weighted by Gasteiger charge is 2.31. The average Bonchev–Trinajstić information content (AvgIpc) is 2.61. The highest BCUT2D eigenvalue weighted by Crippen LogP contribution is 2.08. The monoisotopic (exact) mass is 430 g/mol. The third-order valence-electron chi connectivity index (χ3n) is 4.45. The number of hydrogen-bond acceptors (Lipinski definition) is 6. The summed E-state index contributed by atoms with van der Waals surface area (Å²) in [6, 6.07) is -4.24. The van der Waals surface area contributed by atoms with E-state index in [0.717, 1.165) is 0 Å². The topological polar surface area (TPSA) is 171 Å². The quantitative estimate of drug-likeness (QED) is 0.231. The van der Waals surface area contributed by atoms with E-state index in [0.29, 0.717) is 6.42 Å². The summed E-state index contributed by atoms with van der Waals surface area (Å²) in [6.07, 6.45) is 0.651. The van der Waals surface area contributed by atoms with E-state index in [1.807, 2.05) is 27.7 Å². The molecule has 4 atom stereocenters. The molecule has 0 aromatic heterocycles. The minimum Gasteiger partial charge on any atom is -0.480 e. The molecule has 0 aliphatic rings. The lowest BCUT2D eigenvalue weighted by atomic mass is 10.00. The maximum Gasteiger partial charge on any atom is 0.326 e. The minimum atomic E-state index is -1.28. The van der Waals surface area contributed by atoms with Crippen molar-refractivity contribution in [1.29, 1.82) is 0 Å². The van der Waals surface area contributed by atoms with Gasteiger partial charge in [-0.3, -0.25) is 14.4 Å². The van der Waals surface area contributed by atoms with Gasteiger partial charge in [-0.1, -0.05) is 41.5 Å².